The van der Waals surface area contributed by atoms with E-state index in [2.05, 4.69) is 10.6 Å². The van der Waals surface area contributed by atoms with Crippen molar-refractivity contribution in [2.75, 3.05) is 18.4 Å². The number of benzene rings is 1. The highest BCUT2D eigenvalue weighted by Crippen LogP contribution is 2.27. The van der Waals surface area contributed by atoms with Gasteiger partial charge in [0, 0.05) is 25.2 Å². The van der Waals surface area contributed by atoms with Gasteiger partial charge in [-0.3, -0.25) is 10.1 Å². The van der Waals surface area contributed by atoms with E-state index in [-0.39, 0.29) is 10.6 Å². The van der Waals surface area contributed by atoms with Gasteiger partial charge in [-0.05, 0) is 25.3 Å². The number of nitro benzene ring substituents is 1. The van der Waals surface area contributed by atoms with Gasteiger partial charge in [0.15, 0.2) is 0 Å². The van der Waals surface area contributed by atoms with Crippen molar-refractivity contribution in [3.63, 3.8) is 0 Å². The minimum Gasteiger partial charge on any atom is -0.378 e. The molecule has 0 atom stereocenters. The number of anilines is 1. The van der Waals surface area contributed by atoms with Gasteiger partial charge in [-0.2, -0.15) is 0 Å². The Morgan fingerprint density at radius 1 is 1.41 bits per heavy atom. The second-order valence-electron chi connectivity index (χ2n) is 4.38. The molecule has 92 valence electrons. The maximum absolute atomic E-state index is 10.9. The molecule has 0 spiro atoms. The lowest BCUT2D eigenvalue weighted by Crippen LogP contribution is -2.24. The third kappa shape index (κ3) is 3.17. The third-order valence-electron chi connectivity index (χ3n) is 2.88. The minimum absolute atomic E-state index is 0.149. The van der Waals surface area contributed by atoms with Crippen LogP contribution in [-0.4, -0.2) is 24.1 Å². The number of nitrogens with zero attached hydrogens (tertiary/aromatic N) is 1. The van der Waals surface area contributed by atoms with E-state index in [0.29, 0.717) is 18.3 Å². The lowest BCUT2D eigenvalue weighted by molar-refractivity contribution is -0.384. The molecule has 0 aliphatic heterocycles. The first-order chi connectivity index (χ1) is 8.18. The summed E-state index contributed by atoms with van der Waals surface area (Å²) in [5, 5.41) is 17.4. The van der Waals surface area contributed by atoms with E-state index in [9.17, 15) is 10.1 Å². The molecule has 0 heterocycles. The third-order valence-corrected chi connectivity index (χ3v) is 2.88. The van der Waals surface area contributed by atoms with E-state index in [0.717, 1.165) is 12.1 Å². The van der Waals surface area contributed by atoms with Crippen molar-refractivity contribution in [3.05, 3.63) is 33.9 Å². The van der Waals surface area contributed by atoms with E-state index in [1.54, 1.807) is 6.07 Å². The van der Waals surface area contributed by atoms with Gasteiger partial charge in [-0.15, -0.1) is 0 Å². The Morgan fingerprint density at radius 2 is 2.18 bits per heavy atom. The minimum atomic E-state index is -0.344. The molecule has 1 aromatic rings. The Labute approximate surface area is 100 Å². The summed E-state index contributed by atoms with van der Waals surface area (Å²) in [5.74, 6) is 0. The lowest BCUT2D eigenvalue weighted by atomic mass is 10.1. The average molecular weight is 235 g/mol. The van der Waals surface area contributed by atoms with Crippen molar-refractivity contribution in [2.45, 2.75) is 25.8 Å². The molecule has 5 nitrogen and oxygen atoms in total. The summed E-state index contributed by atoms with van der Waals surface area (Å²) in [7, 11) is 0. The monoisotopic (exact) mass is 235 g/mol. The Morgan fingerprint density at radius 3 is 2.82 bits per heavy atom. The zero-order valence-electron chi connectivity index (χ0n) is 9.90. The number of para-hydroxylation sites is 1. The Kier molecular flexibility index (Phi) is 3.58. The van der Waals surface area contributed by atoms with Crippen LogP contribution in [0.3, 0.4) is 0 Å². The number of nitrogens with one attached hydrogen (secondary N) is 2. The largest absolute Gasteiger partial charge is 0.378 e. The van der Waals surface area contributed by atoms with Gasteiger partial charge >= 0.3 is 0 Å². The van der Waals surface area contributed by atoms with E-state index in [1.807, 2.05) is 13.0 Å². The second kappa shape index (κ2) is 5.14. The Hall–Kier alpha value is -1.62. The van der Waals surface area contributed by atoms with Crippen molar-refractivity contribution in [2.24, 2.45) is 0 Å². The number of nitro groups is 1. The summed E-state index contributed by atoms with van der Waals surface area (Å²) in [6, 6.07) is 5.79. The predicted octanol–water partition coefficient (Wildman–Crippen LogP) is 2.07. The molecule has 0 bridgehead atoms. The molecule has 17 heavy (non-hydrogen) atoms. The van der Waals surface area contributed by atoms with Crippen LogP contribution in [0.15, 0.2) is 18.2 Å². The molecule has 1 aliphatic carbocycles. The molecule has 5 heteroatoms. The summed E-state index contributed by atoms with van der Waals surface area (Å²) in [6.45, 7) is 3.43. The van der Waals surface area contributed by atoms with E-state index in [4.69, 9.17) is 0 Å². The molecule has 0 amide bonds. The summed E-state index contributed by atoms with van der Waals surface area (Å²) in [5.41, 5.74) is 1.69. The highest BCUT2D eigenvalue weighted by Gasteiger charge is 2.20. The van der Waals surface area contributed by atoms with Gasteiger partial charge in [0.1, 0.15) is 5.69 Å². The van der Waals surface area contributed by atoms with Crippen molar-refractivity contribution in [1.82, 2.24) is 5.32 Å². The van der Waals surface area contributed by atoms with Gasteiger partial charge in [0.2, 0.25) is 0 Å². The highest BCUT2D eigenvalue weighted by molar-refractivity contribution is 5.65. The van der Waals surface area contributed by atoms with Crippen LogP contribution in [0.5, 0.6) is 0 Å². The summed E-state index contributed by atoms with van der Waals surface area (Å²) in [4.78, 5) is 10.5. The molecule has 1 aliphatic rings. The molecule has 0 saturated heterocycles. The van der Waals surface area contributed by atoms with Gasteiger partial charge in [0.05, 0.1) is 4.92 Å². The number of aryl methyl sites for hydroxylation is 1. The van der Waals surface area contributed by atoms with Crippen LogP contribution in [0.1, 0.15) is 18.4 Å². The van der Waals surface area contributed by atoms with Crippen molar-refractivity contribution < 1.29 is 4.92 Å². The molecule has 1 aromatic carbocycles. The first-order valence-electron chi connectivity index (χ1n) is 5.90. The van der Waals surface area contributed by atoms with Crippen LogP contribution < -0.4 is 10.6 Å². The molecular formula is C12H17N3O2. The first kappa shape index (κ1) is 11.9. The van der Waals surface area contributed by atoms with Gasteiger partial charge in [-0.25, -0.2) is 0 Å². The average Bonchev–Trinajstić information content (AvgIpc) is 3.09. The lowest BCUT2D eigenvalue weighted by Gasteiger charge is -2.10. The zero-order chi connectivity index (χ0) is 12.3. The van der Waals surface area contributed by atoms with Crippen molar-refractivity contribution in [3.8, 4) is 0 Å². The number of rotatable bonds is 6. The molecule has 1 fully saturated rings. The van der Waals surface area contributed by atoms with Crippen LogP contribution >= 0.6 is 0 Å². The van der Waals surface area contributed by atoms with Crippen LogP contribution in [0.4, 0.5) is 11.4 Å². The molecule has 0 radical (unpaired) electrons. The quantitative estimate of drug-likeness (QED) is 0.450. The Balaban J connectivity index is 1.94. The highest BCUT2D eigenvalue weighted by atomic mass is 16.6. The fourth-order valence-corrected chi connectivity index (χ4v) is 1.79. The first-order valence-corrected chi connectivity index (χ1v) is 5.90. The maximum Gasteiger partial charge on any atom is 0.292 e. The van der Waals surface area contributed by atoms with E-state index >= 15 is 0 Å². The van der Waals surface area contributed by atoms with Crippen molar-refractivity contribution >= 4 is 11.4 Å². The van der Waals surface area contributed by atoms with E-state index in [1.165, 1.54) is 18.9 Å². The molecule has 0 aromatic heterocycles. The second-order valence-corrected chi connectivity index (χ2v) is 4.38. The summed E-state index contributed by atoms with van der Waals surface area (Å²) in [6.07, 6.45) is 2.51. The van der Waals surface area contributed by atoms with Gasteiger partial charge in [0.25, 0.3) is 5.69 Å². The van der Waals surface area contributed by atoms with Crippen LogP contribution in [-0.2, 0) is 0 Å². The fourth-order valence-electron chi connectivity index (χ4n) is 1.79. The SMILES string of the molecule is Cc1cccc([N+](=O)[O-])c1NCCNC1CC1. The van der Waals surface area contributed by atoms with Crippen LogP contribution in [0.2, 0.25) is 0 Å². The smallest absolute Gasteiger partial charge is 0.292 e. The molecule has 2 N–H and O–H groups in total. The Bertz CT molecular complexity index is 416. The zero-order valence-corrected chi connectivity index (χ0v) is 9.90. The standard InChI is InChI=1S/C12H17N3O2/c1-9-3-2-4-11(15(16)17)12(9)14-8-7-13-10-5-6-10/h2-4,10,13-14H,5-8H2,1H3. The summed E-state index contributed by atoms with van der Waals surface area (Å²) >= 11 is 0. The van der Waals surface area contributed by atoms with Crippen molar-refractivity contribution in [1.29, 1.82) is 0 Å². The van der Waals surface area contributed by atoms with Gasteiger partial charge < -0.3 is 10.6 Å². The van der Waals surface area contributed by atoms with Crippen LogP contribution in [0, 0.1) is 17.0 Å². The normalized spacial score (nSPS) is 14.6. The van der Waals surface area contributed by atoms with Gasteiger partial charge in [-0.1, -0.05) is 12.1 Å². The van der Waals surface area contributed by atoms with Crippen LogP contribution in [0.25, 0.3) is 0 Å². The number of hydrogen-bond donors (Lipinski definition) is 2. The molecule has 0 unspecified atom stereocenters. The van der Waals surface area contributed by atoms with E-state index < -0.39 is 0 Å². The topological polar surface area (TPSA) is 67.2 Å². The maximum atomic E-state index is 10.9. The molecule has 2 rings (SSSR count). The molecule has 1 saturated carbocycles. The summed E-state index contributed by atoms with van der Waals surface area (Å²) < 4.78 is 0. The fraction of sp³-hybridized carbons (Fsp3) is 0.500. The number of hydrogen-bond acceptors (Lipinski definition) is 4. The predicted molar refractivity (Wildman–Crippen MR) is 67.3 cm³/mol. The molecular weight excluding hydrogens is 218 g/mol.